The molecule has 0 fully saturated rings. The molecule has 3 N–H and O–H groups in total. The van der Waals surface area contributed by atoms with Crippen LogP contribution in [0.25, 0.3) is 0 Å². The highest BCUT2D eigenvalue weighted by Crippen LogP contribution is 2.31. The predicted molar refractivity (Wildman–Crippen MR) is 55.2 cm³/mol. The van der Waals surface area contributed by atoms with E-state index < -0.39 is 17.7 Å². The van der Waals surface area contributed by atoms with Crippen molar-refractivity contribution in [3.8, 4) is 0 Å². The Morgan fingerprint density at radius 3 is 2.53 bits per heavy atom. The van der Waals surface area contributed by atoms with Gasteiger partial charge in [0.05, 0.1) is 17.7 Å². The fourth-order valence-electron chi connectivity index (χ4n) is 1.21. The minimum atomic E-state index is -4.55. The first-order valence-corrected chi connectivity index (χ1v) is 4.74. The molecule has 0 aliphatic rings. The van der Waals surface area contributed by atoms with Crippen molar-refractivity contribution in [3.05, 3.63) is 29.3 Å². The molecular weight excluding hydrogens is 237 g/mol. The lowest BCUT2D eigenvalue weighted by Gasteiger charge is -2.11. The normalized spacial score (nSPS) is 11.1. The maximum Gasteiger partial charge on any atom is 0.416 e. The zero-order valence-corrected chi connectivity index (χ0v) is 8.97. The summed E-state index contributed by atoms with van der Waals surface area (Å²) in [6.45, 7) is 1.65. The number of nitrogen functional groups attached to an aromatic ring is 1. The van der Waals surface area contributed by atoms with Gasteiger partial charge in [0.1, 0.15) is 0 Å². The number of carbonyl (C=O) groups excluding carboxylic acids is 1. The molecular formula is C10H11F3N2O2. The van der Waals surface area contributed by atoms with Gasteiger partial charge in [0.15, 0.2) is 0 Å². The minimum absolute atomic E-state index is 0.0112. The summed E-state index contributed by atoms with van der Waals surface area (Å²) in [5.74, 6) is 4.21. The lowest BCUT2D eigenvalue weighted by atomic mass is 10.1. The summed E-state index contributed by atoms with van der Waals surface area (Å²) in [7, 11) is 0. The minimum Gasteiger partial charge on any atom is -0.462 e. The summed E-state index contributed by atoms with van der Waals surface area (Å²) < 4.78 is 42.2. The summed E-state index contributed by atoms with van der Waals surface area (Å²) in [5.41, 5.74) is 0.896. The van der Waals surface area contributed by atoms with Gasteiger partial charge in [-0.3, -0.25) is 5.84 Å². The smallest absolute Gasteiger partial charge is 0.416 e. The van der Waals surface area contributed by atoms with E-state index in [9.17, 15) is 18.0 Å². The lowest BCUT2D eigenvalue weighted by molar-refractivity contribution is -0.137. The van der Waals surface area contributed by atoms with E-state index in [2.05, 4.69) is 10.2 Å². The summed E-state index contributed by atoms with van der Waals surface area (Å²) in [6, 6.07) is 2.72. The molecule has 0 saturated heterocycles. The van der Waals surface area contributed by atoms with Crippen molar-refractivity contribution in [1.29, 1.82) is 0 Å². The predicted octanol–water partition coefficient (Wildman–Crippen LogP) is 2.17. The zero-order chi connectivity index (χ0) is 13.1. The Balaban J connectivity index is 3.19. The molecule has 0 aromatic heterocycles. The van der Waals surface area contributed by atoms with Crippen LogP contribution in [0.5, 0.6) is 0 Å². The van der Waals surface area contributed by atoms with Crippen LogP contribution < -0.4 is 11.3 Å². The standard InChI is InChI=1S/C10H11F3N2O2/c1-2-17-9(16)6-3-7(10(11,12)13)5-8(4-6)15-14/h3-5,15H,2,14H2,1H3. The number of esters is 1. The molecule has 0 saturated carbocycles. The number of alkyl halides is 3. The average molecular weight is 248 g/mol. The Hall–Kier alpha value is -1.76. The topological polar surface area (TPSA) is 64.3 Å². The second-order valence-corrected chi connectivity index (χ2v) is 3.16. The van der Waals surface area contributed by atoms with E-state index in [1.807, 2.05) is 0 Å². The molecule has 0 radical (unpaired) electrons. The largest absolute Gasteiger partial charge is 0.462 e. The van der Waals surface area contributed by atoms with Gasteiger partial charge in [-0.2, -0.15) is 13.2 Å². The maximum atomic E-state index is 12.5. The zero-order valence-electron chi connectivity index (χ0n) is 8.97. The molecule has 94 valence electrons. The second-order valence-electron chi connectivity index (χ2n) is 3.16. The molecule has 0 unspecified atom stereocenters. The number of nitrogens with one attached hydrogen (secondary N) is 1. The van der Waals surface area contributed by atoms with Crippen molar-refractivity contribution in [2.45, 2.75) is 13.1 Å². The van der Waals surface area contributed by atoms with Crippen LogP contribution in [0.15, 0.2) is 18.2 Å². The van der Waals surface area contributed by atoms with Crippen molar-refractivity contribution in [2.75, 3.05) is 12.0 Å². The Labute approximate surface area is 95.5 Å². The fraction of sp³-hybridized carbons (Fsp3) is 0.300. The van der Waals surface area contributed by atoms with Crippen LogP contribution in [0.1, 0.15) is 22.8 Å². The number of halogens is 3. The third kappa shape index (κ3) is 3.35. The molecule has 1 aromatic rings. The maximum absolute atomic E-state index is 12.5. The molecule has 1 rings (SSSR count). The molecule has 0 atom stereocenters. The number of benzene rings is 1. The van der Waals surface area contributed by atoms with Crippen molar-refractivity contribution in [3.63, 3.8) is 0 Å². The van der Waals surface area contributed by atoms with Gasteiger partial charge in [-0.05, 0) is 25.1 Å². The third-order valence-corrected chi connectivity index (χ3v) is 1.94. The quantitative estimate of drug-likeness (QED) is 0.489. The fourth-order valence-corrected chi connectivity index (χ4v) is 1.21. The van der Waals surface area contributed by atoms with E-state index in [1.165, 1.54) is 6.07 Å². The SMILES string of the molecule is CCOC(=O)c1cc(NN)cc(C(F)(F)F)c1. The van der Waals surface area contributed by atoms with Gasteiger partial charge in [0.2, 0.25) is 0 Å². The van der Waals surface area contributed by atoms with Gasteiger partial charge in [-0.15, -0.1) is 0 Å². The molecule has 0 amide bonds. The van der Waals surface area contributed by atoms with Crippen LogP contribution in [-0.4, -0.2) is 12.6 Å². The first-order chi connectivity index (χ1) is 7.88. The Morgan fingerprint density at radius 1 is 1.41 bits per heavy atom. The summed E-state index contributed by atoms with van der Waals surface area (Å²) in [5, 5.41) is 0. The molecule has 4 nitrogen and oxygen atoms in total. The van der Waals surface area contributed by atoms with Crippen LogP contribution in [0.3, 0.4) is 0 Å². The van der Waals surface area contributed by atoms with Crippen LogP contribution in [-0.2, 0) is 10.9 Å². The van der Waals surface area contributed by atoms with Gasteiger partial charge < -0.3 is 10.2 Å². The van der Waals surface area contributed by atoms with Crippen molar-refractivity contribution >= 4 is 11.7 Å². The van der Waals surface area contributed by atoms with Gasteiger partial charge in [-0.1, -0.05) is 0 Å². The molecule has 0 aliphatic carbocycles. The number of hydrogen-bond donors (Lipinski definition) is 2. The molecule has 0 bridgehead atoms. The van der Waals surface area contributed by atoms with Crippen molar-refractivity contribution in [1.82, 2.24) is 0 Å². The first kappa shape index (κ1) is 13.3. The van der Waals surface area contributed by atoms with E-state index in [0.29, 0.717) is 0 Å². The summed E-state index contributed by atoms with van der Waals surface area (Å²) in [4.78, 5) is 11.3. The highest BCUT2D eigenvalue weighted by atomic mass is 19.4. The van der Waals surface area contributed by atoms with Crippen LogP contribution in [0, 0.1) is 0 Å². The average Bonchev–Trinajstić information content (AvgIpc) is 2.27. The third-order valence-electron chi connectivity index (χ3n) is 1.94. The van der Waals surface area contributed by atoms with Crippen LogP contribution in [0.4, 0.5) is 18.9 Å². The van der Waals surface area contributed by atoms with E-state index >= 15 is 0 Å². The number of nitrogens with two attached hydrogens (primary N) is 1. The Kier molecular flexibility index (Phi) is 3.95. The molecule has 0 aliphatic heterocycles. The monoisotopic (exact) mass is 248 g/mol. The van der Waals surface area contributed by atoms with Crippen LogP contribution >= 0.6 is 0 Å². The van der Waals surface area contributed by atoms with E-state index in [1.54, 1.807) is 6.92 Å². The van der Waals surface area contributed by atoms with Crippen molar-refractivity contribution < 1.29 is 22.7 Å². The summed E-state index contributed by atoms with van der Waals surface area (Å²) >= 11 is 0. The van der Waals surface area contributed by atoms with Gasteiger partial charge >= 0.3 is 12.1 Å². The number of anilines is 1. The van der Waals surface area contributed by atoms with Crippen LogP contribution in [0.2, 0.25) is 0 Å². The van der Waals surface area contributed by atoms with Gasteiger partial charge in [0, 0.05) is 5.69 Å². The van der Waals surface area contributed by atoms with E-state index in [4.69, 9.17) is 5.84 Å². The Morgan fingerprint density at radius 2 is 2.06 bits per heavy atom. The van der Waals surface area contributed by atoms with Gasteiger partial charge in [0.25, 0.3) is 0 Å². The molecule has 0 spiro atoms. The van der Waals surface area contributed by atoms with E-state index in [-0.39, 0.29) is 17.9 Å². The molecule has 1 aromatic carbocycles. The molecule has 17 heavy (non-hydrogen) atoms. The lowest BCUT2D eigenvalue weighted by Crippen LogP contribution is -2.13. The highest BCUT2D eigenvalue weighted by molar-refractivity contribution is 5.90. The first-order valence-electron chi connectivity index (χ1n) is 4.74. The number of rotatable bonds is 3. The Bertz CT molecular complexity index is 419. The molecule has 0 heterocycles. The number of carbonyl (C=O) groups is 1. The molecule has 7 heteroatoms. The summed E-state index contributed by atoms with van der Waals surface area (Å²) in [6.07, 6.45) is -4.55. The number of hydrogen-bond acceptors (Lipinski definition) is 4. The van der Waals surface area contributed by atoms with Crippen molar-refractivity contribution in [2.24, 2.45) is 5.84 Å². The van der Waals surface area contributed by atoms with Gasteiger partial charge in [-0.25, -0.2) is 4.79 Å². The number of ether oxygens (including phenoxy) is 1. The second kappa shape index (κ2) is 5.05. The highest BCUT2D eigenvalue weighted by Gasteiger charge is 2.31. The van der Waals surface area contributed by atoms with E-state index in [0.717, 1.165) is 12.1 Å². The number of hydrazine groups is 1.